The van der Waals surface area contributed by atoms with E-state index in [-0.39, 0.29) is 11.1 Å². The van der Waals surface area contributed by atoms with E-state index in [4.69, 9.17) is 5.73 Å². The van der Waals surface area contributed by atoms with Crippen LogP contribution in [0.15, 0.2) is 65.3 Å². The van der Waals surface area contributed by atoms with E-state index in [0.717, 1.165) is 0 Å². The number of Topliss-reactive ketones (excluding diaryl/α,β-unsaturated/α-hetero) is 2. The Labute approximate surface area is 254 Å². The van der Waals surface area contributed by atoms with Crippen LogP contribution in [-0.4, -0.2) is 84.7 Å². The molecule has 0 saturated carbocycles. The average molecular weight is 622 g/mol. The van der Waals surface area contributed by atoms with Crippen molar-refractivity contribution in [1.82, 2.24) is 9.88 Å². The Morgan fingerprint density at radius 2 is 1.75 bits per heavy atom. The summed E-state index contributed by atoms with van der Waals surface area (Å²) in [5.41, 5.74) is 1.95. The minimum absolute atomic E-state index is 0.194. The van der Waals surface area contributed by atoms with E-state index in [1.54, 1.807) is 37.4 Å². The molecule has 0 saturated heterocycles. The lowest BCUT2D eigenvalue weighted by Gasteiger charge is -2.53. The fourth-order valence-electron chi connectivity index (χ4n) is 6.94. The third-order valence-electron chi connectivity index (χ3n) is 9.00. The van der Waals surface area contributed by atoms with Crippen molar-refractivity contribution in [2.45, 2.75) is 30.6 Å². The molecule has 11 nitrogen and oxygen atoms in total. The van der Waals surface area contributed by atoms with Crippen molar-refractivity contribution in [2.24, 2.45) is 17.6 Å². The van der Waals surface area contributed by atoms with E-state index in [2.05, 4.69) is 4.98 Å². The quantitative estimate of drug-likeness (QED) is 0.236. The smallest absolute Gasteiger partial charge is 0.255 e. The van der Waals surface area contributed by atoms with Gasteiger partial charge in [0, 0.05) is 17.7 Å². The molecule has 1 aromatic heterocycles. The minimum atomic E-state index is -2.99. The normalized spacial score (nSPS) is 28.2. The lowest BCUT2D eigenvalue weighted by atomic mass is 9.55. The van der Waals surface area contributed by atoms with E-state index in [1.807, 2.05) is 0 Å². The summed E-state index contributed by atoms with van der Waals surface area (Å²) in [7, 11) is 2.95. The maximum Gasteiger partial charge on any atom is 0.255 e. The molecule has 3 aliphatic carbocycles. The van der Waals surface area contributed by atoms with Gasteiger partial charge in [0.15, 0.2) is 11.4 Å². The van der Waals surface area contributed by atoms with Crippen LogP contribution in [0.2, 0.25) is 0 Å². The summed E-state index contributed by atoms with van der Waals surface area (Å²) in [5.74, 6) is -9.93. The molecule has 0 unspecified atom stereocenters. The number of carbonyl (C=O) groups is 3. The molecule has 0 aliphatic heterocycles. The number of aliphatic hydroxyl groups is 4. The number of carbonyl (C=O) groups excluding carboxylic acids is 3. The zero-order valence-electron chi connectivity index (χ0n) is 23.6. The van der Waals surface area contributed by atoms with Crippen LogP contribution in [0.25, 0.3) is 21.0 Å². The molecule has 0 radical (unpaired) electrons. The Hall–Kier alpha value is -4.43. The Morgan fingerprint density at radius 3 is 2.36 bits per heavy atom. The number of amides is 1. The lowest BCUT2D eigenvalue weighted by Crippen LogP contribution is -2.68. The highest BCUT2D eigenvalue weighted by atomic mass is 32.1. The summed E-state index contributed by atoms with van der Waals surface area (Å²) < 4.78 is 13.4. The van der Waals surface area contributed by atoms with E-state index in [0.29, 0.717) is 21.0 Å². The number of rotatable bonds is 4. The number of phenols is 1. The number of halogens is 1. The number of aliphatic hydroxyl groups excluding tert-OH is 3. The predicted octanol–water partition coefficient (Wildman–Crippen LogP) is 2.58. The molecule has 13 heteroatoms. The zero-order chi connectivity index (χ0) is 32.0. The molecule has 3 aromatic rings. The number of hydrogen-bond donors (Lipinski definition) is 6. The maximum absolute atomic E-state index is 14.1. The van der Waals surface area contributed by atoms with Crippen LogP contribution in [0.3, 0.4) is 0 Å². The SMILES string of the molecule is C[C@H]1c2ccc(-c3ncc(-c4ccc(F)cc4)s3)c(O)c2C(=O)C2=C(O)[C@]3(O)C(=O)C(C(N)=O)=C(O)[C@@H](N(C)C)[C@@H]3[C@@H](O)[C@@H]21. The number of primary amides is 1. The van der Waals surface area contributed by atoms with Gasteiger partial charge in [0.2, 0.25) is 5.78 Å². The second-order valence-corrected chi connectivity index (χ2v) is 12.5. The van der Waals surface area contributed by atoms with Gasteiger partial charge < -0.3 is 31.3 Å². The standard InChI is InChI=1S/C31H28FN3O8S/c1-11-14-8-9-15(30-34-10-16(44-30)12-4-6-13(32)7-5-12)23(36)18(14)24(37)19-17(11)25(38)21-22(35(2)3)26(39)20(29(33)42)28(41)31(21,43)27(19)40/h4-11,17,21-22,25,36,38-40,43H,1-3H3,(H2,33,42)/t11-,17+,21+,22-,25-,31-/m0/s1. The van der Waals surface area contributed by atoms with Crippen molar-refractivity contribution in [3.05, 3.63) is 82.2 Å². The van der Waals surface area contributed by atoms with E-state index >= 15 is 0 Å². The largest absolute Gasteiger partial charge is 0.510 e. The number of likely N-dealkylation sites (N-methyl/N-ethyl adjacent to an activating group) is 1. The number of benzene rings is 2. The van der Waals surface area contributed by atoms with Gasteiger partial charge in [-0.05, 0) is 49.3 Å². The first-order valence-electron chi connectivity index (χ1n) is 13.6. The third kappa shape index (κ3) is 3.90. The van der Waals surface area contributed by atoms with Crippen LogP contribution in [0.4, 0.5) is 4.39 Å². The van der Waals surface area contributed by atoms with Crippen LogP contribution in [-0.2, 0) is 9.59 Å². The number of phenolic OH excluding ortho intramolecular Hbond substituents is 1. The first-order chi connectivity index (χ1) is 20.7. The molecular weight excluding hydrogens is 593 g/mol. The first kappa shape index (κ1) is 29.6. The highest BCUT2D eigenvalue weighted by molar-refractivity contribution is 7.18. The second-order valence-electron chi connectivity index (χ2n) is 11.5. The molecule has 2 aromatic carbocycles. The Morgan fingerprint density at radius 1 is 1.09 bits per heavy atom. The van der Waals surface area contributed by atoms with Gasteiger partial charge >= 0.3 is 0 Å². The third-order valence-corrected chi connectivity index (χ3v) is 10.1. The van der Waals surface area contributed by atoms with Crippen LogP contribution in [0.1, 0.15) is 28.8 Å². The van der Waals surface area contributed by atoms with Gasteiger partial charge in [0.05, 0.1) is 34.1 Å². The molecule has 0 spiro atoms. The molecular formula is C31H28FN3O8S. The van der Waals surface area contributed by atoms with E-state index in [1.165, 1.54) is 42.5 Å². The molecule has 44 heavy (non-hydrogen) atoms. The molecule has 228 valence electrons. The molecule has 3 aliphatic rings. The summed E-state index contributed by atoms with van der Waals surface area (Å²) >= 11 is 1.19. The predicted molar refractivity (Wildman–Crippen MR) is 156 cm³/mol. The van der Waals surface area contributed by atoms with Crippen LogP contribution in [0.5, 0.6) is 5.75 Å². The number of aromatic nitrogens is 1. The molecule has 0 bridgehead atoms. The molecule has 6 rings (SSSR count). The first-order valence-corrected chi connectivity index (χ1v) is 14.4. The Bertz CT molecular complexity index is 1830. The number of nitrogens with zero attached hydrogens (tertiary/aromatic N) is 2. The van der Waals surface area contributed by atoms with Crippen LogP contribution >= 0.6 is 11.3 Å². The molecule has 7 N–H and O–H groups in total. The topological polar surface area (TPSA) is 195 Å². The van der Waals surface area contributed by atoms with Crippen molar-refractivity contribution in [3.8, 4) is 26.8 Å². The number of nitrogens with two attached hydrogens (primary N) is 1. The summed E-state index contributed by atoms with van der Waals surface area (Å²) in [5, 5.41) is 57.8. The highest BCUT2D eigenvalue weighted by Gasteiger charge is 2.67. The Kier molecular flexibility index (Phi) is 6.77. The van der Waals surface area contributed by atoms with E-state index in [9.17, 15) is 44.3 Å². The summed E-state index contributed by atoms with van der Waals surface area (Å²) in [4.78, 5) is 46.2. The number of thiazole rings is 1. The van der Waals surface area contributed by atoms with Gasteiger partial charge in [-0.2, -0.15) is 0 Å². The van der Waals surface area contributed by atoms with Gasteiger partial charge in [-0.15, -0.1) is 11.3 Å². The number of hydrogen-bond acceptors (Lipinski definition) is 11. The molecule has 0 fully saturated rings. The van der Waals surface area contributed by atoms with Crippen molar-refractivity contribution < 1.29 is 44.3 Å². The molecule has 6 atom stereocenters. The summed E-state index contributed by atoms with van der Waals surface area (Å²) in [6.45, 7) is 1.66. The van der Waals surface area contributed by atoms with Gasteiger partial charge in [-0.1, -0.05) is 25.1 Å². The van der Waals surface area contributed by atoms with Crippen molar-refractivity contribution >= 4 is 28.8 Å². The second kappa shape index (κ2) is 10.1. The molecule has 1 amide bonds. The van der Waals surface area contributed by atoms with Gasteiger partial charge in [0.1, 0.15) is 33.7 Å². The van der Waals surface area contributed by atoms with Crippen molar-refractivity contribution in [1.29, 1.82) is 0 Å². The van der Waals surface area contributed by atoms with Gasteiger partial charge in [-0.25, -0.2) is 9.37 Å². The number of ketones is 2. The van der Waals surface area contributed by atoms with Crippen LogP contribution in [0, 0.1) is 17.7 Å². The molecule has 1 heterocycles. The fourth-order valence-corrected chi connectivity index (χ4v) is 7.89. The summed E-state index contributed by atoms with van der Waals surface area (Å²) in [6, 6.07) is 7.62. The fraction of sp³-hybridized carbons (Fsp3) is 0.290. The van der Waals surface area contributed by atoms with Crippen LogP contribution < -0.4 is 5.73 Å². The Balaban J connectivity index is 1.51. The minimum Gasteiger partial charge on any atom is -0.510 e. The zero-order valence-corrected chi connectivity index (χ0v) is 24.5. The maximum atomic E-state index is 14.1. The average Bonchev–Trinajstić information content (AvgIpc) is 3.45. The van der Waals surface area contributed by atoms with Gasteiger partial charge in [0.25, 0.3) is 5.91 Å². The number of fused-ring (bicyclic) bond motifs is 3. The summed E-state index contributed by atoms with van der Waals surface area (Å²) in [6.07, 6.45) is -0.131. The van der Waals surface area contributed by atoms with Crippen molar-refractivity contribution in [2.75, 3.05) is 14.1 Å². The van der Waals surface area contributed by atoms with E-state index < -0.39 is 87.2 Å². The monoisotopic (exact) mass is 621 g/mol. The highest BCUT2D eigenvalue weighted by Crippen LogP contribution is 2.56. The van der Waals surface area contributed by atoms with Crippen molar-refractivity contribution in [3.63, 3.8) is 0 Å². The van der Waals surface area contributed by atoms with Gasteiger partial charge in [-0.3, -0.25) is 19.3 Å². The lowest BCUT2D eigenvalue weighted by molar-refractivity contribution is -0.162. The number of aromatic hydroxyl groups is 1.